The van der Waals surface area contributed by atoms with Gasteiger partial charge in [-0.3, -0.25) is 0 Å². The lowest BCUT2D eigenvalue weighted by molar-refractivity contribution is 0.461. The molecule has 0 saturated heterocycles. The molecule has 20 heavy (non-hydrogen) atoms. The second-order valence-corrected chi connectivity index (χ2v) is 6.95. The highest BCUT2D eigenvalue weighted by Gasteiger charge is 2.10. The minimum Gasteiger partial charge on any atom is -0.439 e. The van der Waals surface area contributed by atoms with Crippen molar-refractivity contribution in [2.45, 2.75) is 18.2 Å². The minimum atomic E-state index is -3.77. The van der Waals surface area contributed by atoms with Crippen molar-refractivity contribution >= 4 is 31.3 Å². The SMILES string of the molecule is CCc1cc(Oc2ccc(S(=O)(=O)Cl)cn2)ccc1Cl. The van der Waals surface area contributed by atoms with Crippen LogP contribution < -0.4 is 4.74 Å². The molecule has 0 spiro atoms. The summed E-state index contributed by atoms with van der Waals surface area (Å²) in [5.74, 6) is 0.860. The fraction of sp³-hybridized carbons (Fsp3) is 0.154. The van der Waals surface area contributed by atoms with Crippen LogP contribution in [0.5, 0.6) is 11.6 Å². The smallest absolute Gasteiger partial charge is 0.262 e. The highest BCUT2D eigenvalue weighted by atomic mass is 35.7. The molecule has 0 amide bonds. The van der Waals surface area contributed by atoms with Crippen molar-refractivity contribution in [1.29, 1.82) is 0 Å². The maximum Gasteiger partial charge on any atom is 0.262 e. The maximum atomic E-state index is 11.1. The van der Waals surface area contributed by atoms with E-state index < -0.39 is 9.05 Å². The van der Waals surface area contributed by atoms with E-state index in [1.54, 1.807) is 12.1 Å². The summed E-state index contributed by atoms with van der Waals surface area (Å²) in [6.45, 7) is 1.99. The molecule has 0 bridgehead atoms. The first-order chi connectivity index (χ1) is 9.40. The summed E-state index contributed by atoms with van der Waals surface area (Å²) in [7, 11) is 1.43. The van der Waals surface area contributed by atoms with Gasteiger partial charge in [-0.25, -0.2) is 13.4 Å². The molecule has 2 rings (SSSR count). The molecule has 106 valence electrons. The van der Waals surface area contributed by atoms with Gasteiger partial charge in [0.25, 0.3) is 9.05 Å². The van der Waals surface area contributed by atoms with E-state index in [0.29, 0.717) is 10.8 Å². The van der Waals surface area contributed by atoms with E-state index in [1.165, 1.54) is 12.1 Å². The molecule has 0 aliphatic heterocycles. The van der Waals surface area contributed by atoms with E-state index in [0.717, 1.165) is 18.2 Å². The Morgan fingerprint density at radius 1 is 1.25 bits per heavy atom. The van der Waals surface area contributed by atoms with E-state index in [1.807, 2.05) is 13.0 Å². The third-order valence-electron chi connectivity index (χ3n) is 2.61. The van der Waals surface area contributed by atoms with Gasteiger partial charge in [0, 0.05) is 21.8 Å². The van der Waals surface area contributed by atoms with E-state index in [-0.39, 0.29) is 10.8 Å². The van der Waals surface area contributed by atoms with Crippen molar-refractivity contribution in [3.05, 3.63) is 47.1 Å². The molecule has 1 aromatic heterocycles. The molecule has 0 atom stereocenters. The van der Waals surface area contributed by atoms with Crippen molar-refractivity contribution < 1.29 is 13.2 Å². The number of halogens is 2. The lowest BCUT2D eigenvalue weighted by atomic mass is 10.1. The van der Waals surface area contributed by atoms with E-state index >= 15 is 0 Å². The summed E-state index contributed by atoms with van der Waals surface area (Å²) in [6.07, 6.45) is 1.93. The molecule has 1 aromatic carbocycles. The lowest BCUT2D eigenvalue weighted by Crippen LogP contribution is -1.94. The Balaban J connectivity index is 2.22. The highest BCUT2D eigenvalue weighted by molar-refractivity contribution is 8.13. The zero-order chi connectivity index (χ0) is 14.8. The van der Waals surface area contributed by atoms with Crippen LogP contribution in [0.25, 0.3) is 0 Å². The summed E-state index contributed by atoms with van der Waals surface area (Å²) in [6, 6.07) is 8.05. The maximum absolute atomic E-state index is 11.1. The Kier molecular flexibility index (Phi) is 4.52. The predicted octanol–water partition coefficient (Wildman–Crippen LogP) is 4.02. The standard InChI is InChI=1S/C13H11Cl2NO3S/c1-2-9-7-10(3-5-12(9)14)19-13-6-4-11(8-16-13)20(15,17)18/h3-8H,2H2,1H3. The van der Waals surface area contributed by atoms with Gasteiger partial charge in [-0.05, 0) is 36.2 Å². The Hall–Kier alpha value is -1.30. The molecule has 0 fully saturated rings. The fourth-order valence-electron chi connectivity index (χ4n) is 1.58. The number of hydrogen-bond acceptors (Lipinski definition) is 4. The molecule has 0 aliphatic rings. The summed E-state index contributed by atoms with van der Waals surface area (Å²) in [4.78, 5) is 3.83. The molecule has 7 heteroatoms. The second-order valence-electron chi connectivity index (χ2n) is 3.98. The first-order valence-electron chi connectivity index (χ1n) is 5.77. The molecule has 0 aliphatic carbocycles. The lowest BCUT2D eigenvalue weighted by Gasteiger charge is -2.07. The average molecular weight is 332 g/mol. The Morgan fingerprint density at radius 3 is 2.55 bits per heavy atom. The number of benzene rings is 1. The third kappa shape index (κ3) is 3.62. The molecular weight excluding hydrogens is 321 g/mol. The largest absolute Gasteiger partial charge is 0.439 e. The van der Waals surface area contributed by atoms with Crippen molar-refractivity contribution in [1.82, 2.24) is 4.98 Å². The molecular formula is C13H11Cl2NO3S. The number of hydrogen-bond donors (Lipinski definition) is 0. The number of ether oxygens (including phenoxy) is 1. The Bertz CT molecular complexity index is 715. The van der Waals surface area contributed by atoms with Crippen LogP contribution in [0, 0.1) is 0 Å². The second kappa shape index (κ2) is 5.99. The van der Waals surface area contributed by atoms with Crippen molar-refractivity contribution in [3.63, 3.8) is 0 Å². The normalized spacial score (nSPS) is 11.3. The van der Waals surface area contributed by atoms with Crippen LogP contribution in [0.15, 0.2) is 41.4 Å². The van der Waals surface area contributed by atoms with Gasteiger partial charge >= 0.3 is 0 Å². The monoisotopic (exact) mass is 331 g/mol. The van der Waals surface area contributed by atoms with Gasteiger partial charge in [-0.15, -0.1) is 0 Å². The van der Waals surface area contributed by atoms with E-state index in [9.17, 15) is 8.42 Å². The average Bonchev–Trinajstić information content (AvgIpc) is 2.40. The van der Waals surface area contributed by atoms with Gasteiger partial charge in [0.05, 0.1) is 6.20 Å². The van der Waals surface area contributed by atoms with E-state index in [2.05, 4.69) is 4.98 Å². The van der Waals surface area contributed by atoms with Gasteiger partial charge in [0.2, 0.25) is 5.88 Å². The van der Waals surface area contributed by atoms with Crippen molar-refractivity contribution in [3.8, 4) is 11.6 Å². The molecule has 0 saturated carbocycles. The number of aryl methyl sites for hydroxylation is 1. The highest BCUT2D eigenvalue weighted by Crippen LogP contribution is 2.26. The number of pyridine rings is 1. The van der Waals surface area contributed by atoms with Crippen molar-refractivity contribution in [2.75, 3.05) is 0 Å². The first kappa shape index (κ1) is 15.1. The van der Waals surface area contributed by atoms with Crippen LogP contribution in [-0.4, -0.2) is 13.4 Å². The zero-order valence-electron chi connectivity index (χ0n) is 10.5. The van der Waals surface area contributed by atoms with Crippen molar-refractivity contribution in [2.24, 2.45) is 0 Å². The summed E-state index contributed by atoms with van der Waals surface area (Å²) >= 11 is 6.02. The zero-order valence-corrected chi connectivity index (χ0v) is 12.8. The van der Waals surface area contributed by atoms with Crippen LogP contribution in [0.3, 0.4) is 0 Å². The first-order valence-corrected chi connectivity index (χ1v) is 8.46. The number of nitrogens with zero attached hydrogens (tertiary/aromatic N) is 1. The molecule has 1 heterocycles. The van der Waals surface area contributed by atoms with E-state index in [4.69, 9.17) is 27.0 Å². The summed E-state index contributed by atoms with van der Waals surface area (Å²) in [5, 5.41) is 0.677. The Morgan fingerprint density at radius 2 is 2.00 bits per heavy atom. The number of rotatable bonds is 4. The van der Waals surface area contributed by atoms with Gasteiger partial charge in [0.15, 0.2) is 0 Å². The fourth-order valence-corrected chi connectivity index (χ4v) is 2.51. The molecule has 2 aromatic rings. The minimum absolute atomic E-state index is 0.0723. The number of aromatic nitrogens is 1. The molecule has 0 radical (unpaired) electrons. The van der Waals surface area contributed by atoms with Crippen LogP contribution in [-0.2, 0) is 15.5 Å². The van der Waals surface area contributed by atoms with Gasteiger partial charge < -0.3 is 4.74 Å². The third-order valence-corrected chi connectivity index (χ3v) is 4.32. The summed E-state index contributed by atoms with van der Waals surface area (Å²) in [5.41, 5.74) is 0.962. The van der Waals surface area contributed by atoms with Gasteiger partial charge in [-0.2, -0.15) is 0 Å². The van der Waals surface area contributed by atoms with Crippen LogP contribution >= 0.6 is 22.3 Å². The van der Waals surface area contributed by atoms with Crippen LogP contribution in [0.2, 0.25) is 5.02 Å². The topological polar surface area (TPSA) is 56.3 Å². The molecule has 4 nitrogen and oxygen atoms in total. The Labute approximate surface area is 126 Å². The predicted molar refractivity (Wildman–Crippen MR) is 78.2 cm³/mol. The molecule has 0 N–H and O–H groups in total. The van der Waals surface area contributed by atoms with Crippen LogP contribution in [0.1, 0.15) is 12.5 Å². The molecule has 0 unspecified atom stereocenters. The summed E-state index contributed by atoms with van der Waals surface area (Å²) < 4.78 is 27.7. The van der Waals surface area contributed by atoms with Crippen LogP contribution in [0.4, 0.5) is 0 Å². The quantitative estimate of drug-likeness (QED) is 0.794. The van der Waals surface area contributed by atoms with Gasteiger partial charge in [-0.1, -0.05) is 18.5 Å². The van der Waals surface area contributed by atoms with Gasteiger partial charge in [0.1, 0.15) is 10.6 Å².